The highest BCUT2D eigenvalue weighted by atomic mass is 35.5. The highest BCUT2D eigenvalue weighted by Gasteiger charge is 2.02. The summed E-state index contributed by atoms with van der Waals surface area (Å²) in [6.45, 7) is 0.662. The number of ether oxygens (including phenoxy) is 1. The van der Waals surface area contributed by atoms with Crippen molar-refractivity contribution in [2.75, 3.05) is 19.7 Å². The molecule has 0 saturated heterocycles. The van der Waals surface area contributed by atoms with Crippen LogP contribution < -0.4 is 10.1 Å². The molecule has 0 atom stereocenters. The van der Waals surface area contributed by atoms with Crippen LogP contribution in [-0.2, 0) is 4.79 Å². The maximum Gasteiger partial charge on any atom is 0.317 e. The predicted octanol–water partition coefficient (Wildman–Crippen LogP) is 2.05. The molecule has 1 aromatic rings. The second-order valence-electron chi connectivity index (χ2n) is 2.99. The lowest BCUT2D eigenvalue weighted by Crippen LogP contribution is -2.26. The molecule has 0 spiro atoms. The van der Waals surface area contributed by atoms with Crippen molar-refractivity contribution in [3.8, 4) is 5.75 Å². The van der Waals surface area contributed by atoms with Crippen LogP contribution in [-0.4, -0.2) is 30.8 Å². The summed E-state index contributed by atoms with van der Waals surface area (Å²) in [5, 5.41) is 12.1. The van der Waals surface area contributed by atoms with E-state index < -0.39 is 5.97 Å². The van der Waals surface area contributed by atoms with E-state index in [4.69, 9.17) is 33.0 Å². The number of rotatable bonds is 6. The summed E-state index contributed by atoms with van der Waals surface area (Å²) in [5.74, 6) is -0.410. The van der Waals surface area contributed by atoms with E-state index in [1.165, 1.54) is 0 Å². The summed E-state index contributed by atoms with van der Waals surface area (Å²) < 4.78 is 5.33. The Morgan fingerprint density at radius 3 is 2.88 bits per heavy atom. The number of carbonyl (C=O) groups is 1. The van der Waals surface area contributed by atoms with Crippen LogP contribution in [0.15, 0.2) is 18.2 Å². The summed E-state index contributed by atoms with van der Waals surface area (Å²) in [6, 6.07) is 4.92. The zero-order valence-corrected chi connectivity index (χ0v) is 9.88. The van der Waals surface area contributed by atoms with Crippen molar-refractivity contribution < 1.29 is 14.6 Å². The van der Waals surface area contributed by atoms with Crippen LogP contribution in [0, 0.1) is 0 Å². The van der Waals surface area contributed by atoms with E-state index in [0.717, 1.165) is 0 Å². The molecule has 16 heavy (non-hydrogen) atoms. The van der Waals surface area contributed by atoms with Crippen LogP contribution in [0.3, 0.4) is 0 Å². The molecule has 1 aromatic carbocycles. The van der Waals surface area contributed by atoms with Gasteiger partial charge in [-0.3, -0.25) is 4.79 Å². The Balaban J connectivity index is 2.31. The Labute approximate surface area is 103 Å². The lowest BCUT2D eigenvalue weighted by molar-refractivity contribution is -0.135. The van der Waals surface area contributed by atoms with Crippen molar-refractivity contribution in [3.63, 3.8) is 0 Å². The quantitative estimate of drug-likeness (QED) is 0.772. The van der Waals surface area contributed by atoms with Crippen LogP contribution >= 0.6 is 23.2 Å². The van der Waals surface area contributed by atoms with Crippen molar-refractivity contribution in [1.29, 1.82) is 0 Å². The first kappa shape index (κ1) is 13.1. The molecule has 0 aliphatic carbocycles. The fourth-order valence-corrected chi connectivity index (χ4v) is 1.35. The monoisotopic (exact) mass is 263 g/mol. The Kier molecular flexibility index (Phi) is 5.38. The number of aliphatic carboxylic acids is 1. The summed E-state index contributed by atoms with van der Waals surface area (Å²) in [5.41, 5.74) is 0. The molecule has 0 radical (unpaired) electrons. The molecule has 2 N–H and O–H groups in total. The minimum absolute atomic E-state index is 0.0906. The molecular weight excluding hydrogens is 253 g/mol. The maximum absolute atomic E-state index is 10.2. The topological polar surface area (TPSA) is 58.6 Å². The average molecular weight is 264 g/mol. The minimum atomic E-state index is -0.902. The predicted molar refractivity (Wildman–Crippen MR) is 62.5 cm³/mol. The fourth-order valence-electron chi connectivity index (χ4n) is 1.02. The second kappa shape index (κ2) is 6.58. The highest BCUT2D eigenvalue weighted by Crippen LogP contribution is 2.27. The van der Waals surface area contributed by atoms with E-state index >= 15 is 0 Å². The van der Waals surface area contributed by atoms with Gasteiger partial charge in [-0.15, -0.1) is 0 Å². The number of nitrogens with one attached hydrogen (secondary N) is 1. The molecule has 0 heterocycles. The van der Waals surface area contributed by atoms with Crippen molar-refractivity contribution in [2.45, 2.75) is 0 Å². The molecule has 0 aromatic heterocycles. The molecule has 0 aliphatic rings. The molecule has 1 rings (SSSR count). The number of hydrogen-bond acceptors (Lipinski definition) is 3. The maximum atomic E-state index is 10.2. The van der Waals surface area contributed by atoms with Crippen molar-refractivity contribution >= 4 is 29.2 Å². The molecule has 88 valence electrons. The Morgan fingerprint density at radius 1 is 1.44 bits per heavy atom. The average Bonchev–Trinajstić information content (AvgIpc) is 2.22. The van der Waals surface area contributed by atoms with Crippen LogP contribution in [0.25, 0.3) is 0 Å². The van der Waals surface area contributed by atoms with E-state index in [1.807, 2.05) is 0 Å². The minimum Gasteiger partial charge on any atom is -0.491 e. The third-order valence-electron chi connectivity index (χ3n) is 1.71. The highest BCUT2D eigenvalue weighted by molar-refractivity contribution is 6.34. The van der Waals surface area contributed by atoms with Gasteiger partial charge in [0.1, 0.15) is 12.4 Å². The van der Waals surface area contributed by atoms with Gasteiger partial charge in [0, 0.05) is 17.6 Å². The molecule has 4 nitrogen and oxygen atoms in total. The van der Waals surface area contributed by atoms with E-state index in [0.29, 0.717) is 28.9 Å². The van der Waals surface area contributed by atoms with Gasteiger partial charge in [-0.1, -0.05) is 23.2 Å². The van der Waals surface area contributed by atoms with E-state index in [9.17, 15) is 4.79 Å². The number of halogens is 2. The third-order valence-corrected chi connectivity index (χ3v) is 2.25. The smallest absolute Gasteiger partial charge is 0.317 e. The lowest BCUT2D eigenvalue weighted by atomic mass is 10.3. The first-order valence-corrected chi connectivity index (χ1v) is 5.35. The second-order valence-corrected chi connectivity index (χ2v) is 3.84. The van der Waals surface area contributed by atoms with E-state index in [-0.39, 0.29) is 6.54 Å². The van der Waals surface area contributed by atoms with Gasteiger partial charge in [-0.05, 0) is 12.1 Å². The normalized spacial score (nSPS) is 10.1. The van der Waals surface area contributed by atoms with Gasteiger partial charge in [0.15, 0.2) is 0 Å². The van der Waals surface area contributed by atoms with Gasteiger partial charge >= 0.3 is 5.97 Å². The molecule has 0 fully saturated rings. The van der Waals surface area contributed by atoms with Gasteiger partial charge < -0.3 is 15.2 Å². The Morgan fingerprint density at radius 2 is 2.19 bits per heavy atom. The summed E-state index contributed by atoms with van der Waals surface area (Å²) in [6.07, 6.45) is 0. The number of hydrogen-bond donors (Lipinski definition) is 2. The van der Waals surface area contributed by atoms with Crippen LogP contribution in [0.1, 0.15) is 0 Å². The summed E-state index contributed by atoms with van der Waals surface area (Å²) in [7, 11) is 0. The summed E-state index contributed by atoms with van der Waals surface area (Å²) in [4.78, 5) is 10.2. The van der Waals surface area contributed by atoms with Gasteiger partial charge in [-0.2, -0.15) is 0 Å². The number of carboxylic acids is 1. The molecule has 6 heteroatoms. The van der Waals surface area contributed by atoms with Gasteiger partial charge in [0.2, 0.25) is 0 Å². The van der Waals surface area contributed by atoms with Crippen molar-refractivity contribution in [1.82, 2.24) is 5.32 Å². The van der Waals surface area contributed by atoms with Crippen LogP contribution in [0.4, 0.5) is 0 Å². The van der Waals surface area contributed by atoms with Crippen LogP contribution in [0.2, 0.25) is 10.0 Å². The largest absolute Gasteiger partial charge is 0.491 e. The molecular formula is C10H11Cl2NO3. The molecule has 0 bridgehead atoms. The van der Waals surface area contributed by atoms with Gasteiger partial charge in [0.25, 0.3) is 0 Å². The first-order valence-electron chi connectivity index (χ1n) is 4.60. The molecule has 0 amide bonds. The fraction of sp³-hybridized carbons (Fsp3) is 0.300. The Hall–Kier alpha value is -0.970. The Bertz CT molecular complexity index is 371. The van der Waals surface area contributed by atoms with Crippen molar-refractivity contribution in [3.05, 3.63) is 28.2 Å². The van der Waals surface area contributed by atoms with E-state index in [2.05, 4.69) is 5.32 Å². The zero-order valence-electron chi connectivity index (χ0n) is 8.37. The SMILES string of the molecule is O=C(O)CNCCOc1cc(Cl)ccc1Cl. The zero-order chi connectivity index (χ0) is 12.0. The third kappa shape index (κ3) is 4.70. The summed E-state index contributed by atoms with van der Waals surface area (Å²) >= 11 is 11.6. The van der Waals surface area contributed by atoms with Crippen molar-refractivity contribution in [2.24, 2.45) is 0 Å². The van der Waals surface area contributed by atoms with E-state index in [1.54, 1.807) is 18.2 Å². The molecule has 0 aliphatic heterocycles. The lowest BCUT2D eigenvalue weighted by Gasteiger charge is -2.08. The molecule has 0 unspecified atom stereocenters. The van der Waals surface area contributed by atoms with Gasteiger partial charge in [-0.25, -0.2) is 0 Å². The standard InChI is InChI=1S/C10H11Cl2NO3/c11-7-1-2-8(12)9(5-7)16-4-3-13-6-10(14)15/h1-2,5,13H,3-4,6H2,(H,14,15). The van der Waals surface area contributed by atoms with Crippen LogP contribution in [0.5, 0.6) is 5.75 Å². The molecule has 0 saturated carbocycles. The first-order chi connectivity index (χ1) is 7.59. The van der Waals surface area contributed by atoms with Gasteiger partial charge in [0.05, 0.1) is 11.6 Å². The number of benzene rings is 1. The number of carboxylic acid groups (broad SMARTS) is 1.